The molecule has 1 heterocycles. The molecular formula is C11H7Cl3F2N2S. The van der Waals surface area contributed by atoms with Gasteiger partial charge in [0.05, 0.1) is 5.02 Å². The second-order valence-corrected chi connectivity index (χ2v) is 5.79. The molecule has 0 N–H and O–H groups in total. The summed E-state index contributed by atoms with van der Waals surface area (Å²) in [5.74, 6) is -2.57. The Balaban J connectivity index is 2.51. The molecule has 0 aliphatic heterocycles. The third-order valence-electron chi connectivity index (χ3n) is 2.33. The fourth-order valence-corrected chi connectivity index (χ4v) is 3.00. The van der Waals surface area contributed by atoms with Crippen molar-refractivity contribution in [2.45, 2.75) is 10.8 Å². The van der Waals surface area contributed by atoms with Crippen LogP contribution in [0.4, 0.5) is 8.78 Å². The molecule has 0 aliphatic rings. The van der Waals surface area contributed by atoms with Crippen LogP contribution >= 0.6 is 46.6 Å². The van der Waals surface area contributed by atoms with Gasteiger partial charge in [-0.2, -0.15) is 13.9 Å². The molecule has 1 aromatic heterocycles. The SMILES string of the molecule is Cn1nc(-c2ccc(Cl)cc2Cl)c(Cl)c1SC(F)F. The molecule has 0 radical (unpaired) electrons. The second-order valence-electron chi connectivity index (χ2n) is 3.59. The predicted molar refractivity (Wildman–Crippen MR) is 75.5 cm³/mol. The van der Waals surface area contributed by atoms with Crippen molar-refractivity contribution in [3.63, 3.8) is 0 Å². The number of halogens is 5. The van der Waals surface area contributed by atoms with Gasteiger partial charge in [-0.1, -0.05) is 34.8 Å². The van der Waals surface area contributed by atoms with Gasteiger partial charge >= 0.3 is 0 Å². The van der Waals surface area contributed by atoms with Gasteiger partial charge in [0.1, 0.15) is 15.7 Å². The highest BCUT2D eigenvalue weighted by Crippen LogP contribution is 2.40. The Labute approximate surface area is 127 Å². The van der Waals surface area contributed by atoms with Crippen LogP contribution in [0.2, 0.25) is 15.1 Å². The molecule has 0 spiro atoms. The summed E-state index contributed by atoms with van der Waals surface area (Å²) in [5, 5.41) is 5.31. The number of hydrogen-bond donors (Lipinski definition) is 0. The summed E-state index contributed by atoms with van der Waals surface area (Å²) in [7, 11) is 1.55. The second kappa shape index (κ2) is 5.87. The van der Waals surface area contributed by atoms with Crippen LogP contribution in [0.1, 0.15) is 0 Å². The van der Waals surface area contributed by atoms with Crippen molar-refractivity contribution in [2.75, 3.05) is 0 Å². The summed E-state index contributed by atoms with van der Waals surface area (Å²) in [4.78, 5) is 0. The Bertz CT molecular complexity index is 616. The van der Waals surface area contributed by atoms with Crippen LogP contribution < -0.4 is 0 Å². The third-order valence-corrected chi connectivity index (χ3v) is 4.21. The van der Waals surface area contributed by atoms with Gasteiger partial charge in [0, 0.05) is 17.6 Å². The summed E-state index contributed by atoms with van der Waals surface area (Å²) in [5.41, 5.74) is 0.904. The van der Waals surface area contributed by atoms with E-state index in [0.29, 0.717) is 33.1 Å². The molecule has 19 heavy (non-hydrogen) atoms. The van der Waals surface area contributed by atoms with Gasteiger partial charge < -0.3 is 0 Å². The van der Waals surface area contributed by atoms with Crippen molar-refractivity contribution in [3.8, 4) is 11.3 Å². The van der Waals surface area contributed by atoms with E-state index in [1.807, 2.05) is 0 Å². The average Bonchev–Trinajstić information content (AvgIpc) is 2.57. The minimum atomic E-state index is -2.57. The van der Waals surface area contributed by atoms with Gasteiger partial charge in [0.15, 0.2) is 0 Å². The maximum atomic E-state index is 12.4. The molecule has 0 saturated carbocycles. The summed E-state index contributed by atoms with van der Waals surface area (Å²) >= 11 is 18.3. The highest BCUT2D eigenvalue weighted by molar-refractivity contribution is 7.99. The number of aromatic nitrogens is 2. The van der Waals surface area contributed by atoms with Crippen molar-refractivity contribution in [3.05, 3.63) is 33.3 Å². The van der Waals surface area contributed by atoms with E-state index in [9.17, 15) is 8.78 Å². The largest absolute Gasteiger partial charge is 0.290 e. The first kappa shape index (κ1) is 14.9. The lowest BCUT2D eigenvalue weighted by Gasteiger charge is -2.02. The molecular weight excluding hydrogens is 337 g/mol. The Hall–Kier alpha value is -0.490. The monoisotopic (exact) mass is 342 g/mol. The van der Waals surface area contributed by atoms with E-state index in [2.05, 4.69) is 5.10 Å². The van der Waals surface area contributed by atoms with Gasteiger partial charge in [0.25, 0.3) is 5.76 Å². The fraction of sp³-hybridized carbons (Fsp3) is 0.182. The van der Waals surface area contributed by atoms with Crippen LogP contribution in [-0.2, 0) is 7.05 Å². The van der Waals surface area contributed by atoms with Crippen LogP contribution in [-0.4, -0.2) is 15.5 Å². The molecule has 8 heteroatoms. The standard InChI is InChI=1S/C11H7Cl3F2N2S/c1-18-10(19-11(15)16)8(14)9(17-18)6-3-2-5(12)4-7(6)13/h2-4,11H,1H3. The molecule has 2 nitrogen and oxygen atoms in total. The van der Waals surface area contributed by atoms with Crippen molar-refractivity contribution >= 4 is 46.6 Å². The lowest BCUT2D eigenvalue weighted by atomic mass is 10.1. The molecule has 0 fully saturated rings. The topological polar surface area (TPSA) is 17.8 Å². The van der Waals surface area contributed by atoms with E-state index in [4.69, 9.17) is 34.8 Å². The fourth-order valence-electron chi connectivity index (χ4n) is 1.55. The maximum absolute atomic E-state index is 12.4. The van der Waals surface area contributed by atoms with Crippen molar-refractivity contribution in [1.82, 2.24) is 9.78 Å². The first-order valence-corrected chi connectivity index (χ1v) is 7.04. The first-order valence-electron chi connectivity index (χ1n) is 5.03. The lowest BCUT2D eigenvalue weighted by Crippen LogP contribution is -1.94. The van der Waals surface area contributed by atoms with Crippen molar-refractivity contribution in [2.24, 2.45) is 7.05 Å². The van der Waals surface area contributed by atoms with E-state index >= 15 is 0 Å². The Morgan fingerprint density at radius 3 is 2.53 bits per heavy atom. The number of thioether (sulfide) groups is 1. The molecule has 0 atom stereocenters. The van der Waals surface area contributed by atoms with E-state index < -0.39 is 5.76 Å². The minimum Gasteiger partial charge on any atom is -0.260 e. The molecule has 2 aromatic rings. The van der Waals surface area contributed by atoms with Crippen molar-refractivity contribution < 1.29 is 8.78 Å². The maximum Gasteiger partial charge on any atom is 0.290 e. The minimum absolute atomic E-state index is 0.150. The Kier molecular flexibility index (Phi) is 4.61. The third kappa shape index (κ3) is 3.16. The van der Waals surface area contributed by atoms with Crippen LogP contribution in [0.3, 0.4) is 0 Å². The van der Waals surface area contributed by atoms with Crippen LogP contribution in [0.15, 0.2) is 23.2 Å². The van der Waals surface area contributed by atoms with E-state index in [-0.39, 0.29) is 10.0 Å². The van der Waals surface area contributed by atoms with Gasteiger partial charge in [-0.15, -0.1) is 0 Å². The zero-order valence-corrected chi connectivity index (χ0v) is 12.6. The summed E-state index contributed by atoms with van der Waals surface area (Å²) < 4.78 is 26.2. The molecule has 0 aliphatic carbocycles. The molecule has 0 bridgehead atoms. The zero-order chi connectivity index (χ0) is 14.2. The molecule has 0 saturated heterocycles. The normalized spacial score (nSPS) is 11.3. The highest BCUT2D eigenvalue weighted by Gasteiger charge is 2.21. The molecule has 2 rings (SSSR count). The molecule has 0 unspecified atom stereocenters. The van der Waals surface area contributed by atoms with Crippen molar-refractivity contribution in [1.29, 1.82) is 0 Å². The van der Waals surface area contributed by atoms with Gasteiger partial charge in [-0.25, -0.2) is 0 Å². The molecule has 0 amide bonds. The van der Waals surface area contributed by atoms with Crippen LogP contribution in [0.25, 0.3) is 11.3 Å². The van der Waals surface area contributed by atoms with Crippen LogP contribution in [0.5, 0.6) is 0 Å². The number of alkyl halides is 2. The summed E-state index contributed by atoms with van der Waals surface area (Å²) in [6, 6.07) is 4.83. The van der Waals surface area contributed by atoms with Gasteiger partial charge in [-0.3, -0.25) is 4.68 Å². The van der Waals surface area contributed by atoms with Gasteiger partial charge in [0.2, 0.25) is 0 Å². The van der Waals surface area contributed by atoms with E-state index in [1.54, 1.807) is 25.2 Å². The Morgan fingerprint density at radius 1 is 1.26 bits per heavy atom. The zero-order valence-electron chi connectivity index (χ0n) is 9.50. The van der Waals surface area contributed by atoms with E-state index in [1.165, 1.54) is 4.68 Å². The number of hydrogen-bond acceptors (Lipinski definition) is 2. The molecule has 1 aromatic carbocycles. The number of aryl methyl sites for hydroxylation is 1. The summed E-state index contributed by atoms with van der Waals surface area (Å²) in [6.07, 6.45) is 0. The number of nitrogens with zero attached hydrogens (tertiary/aromatic N) is 2. The Morgan fingerprint density at radius 2 is 1.95 bits per heavy atom. The summed E-state index contributed by atoms with van der Waals surface area (Å²) in [6.45, 7) is 0. The van der Waals surface area contributed by atoms with Crippen LogP contribution in [0, 0.1) is 0 Å². The number of rotatable bonds is 3. The average molecular weight is 344 g/mol. The molecule has 102 valence electrons. The number of benzene rings is 1. The van der Waals surface area contributed by atoms with Gasteiger partial charge in [-0.05, 0) is 30.0 Å². The highest BCUT2D eigenvalue weighted by atomic mass is 35.5. The smallest absolute Gasteiger partial charge is 0.260 e. The van der Waals surface area contributed by atoms with E-state index in [0.717, 1.165) is 0 Å². The first-order chi connectivity index (χ1) is 8.90. The lowest BCUT2D eigenvalue weighted by molar-refractivity contribution is 0.251. The predicted octanol–water partition coefficient (Wildman–Crippen LogP) is 5.36. The quantitative estimate of drug-likeness (QED) is 0.698.